The number of benzene rings is 10. The van der Waals surface area contributed by atoms with Crippen molar-refractivity contribution in [3.63, 3.8) is 0 Å². The second-order valence-electron chi connectivity index (χ2n) is 18.4. The van der Waals surface area contributed by atoms with Crippen LogP contribution in [0.25, 0.3) is 66.8 Å². The van der Waals surface area contributed by atoms with Gasteiger partial charge in [0.2, 0.25) is 0 Å². The van der Waals surface area contributed by atoms with E-state index in [1.165, 1.54) is 106 Å². The second-order valence-corrected chi connectivity index (χ2v) is 18.4. The van der Waals surface area contributed by atoms with Gasteiger partial charge >= 0.3 is 0 Å². The van der Waals surface area contributed by atoms with Gasteiger partial charge in [0.25, 0.3) is 0 Å². The van der Waals surface area contributed by atoms with E-state index in [4.69, 9.17) is 0 Å². The molecule has 0 bridgehead atoms. The van der Waals surface area contributed by atoms with E-state index in [1.807, 2.05) is 0 Å². The van der Waals surface area contributed by atoms with Crippen LogP contribution in [0.3, 0.4) is 0 Å². The zero-order valence-electron chi connectivity index (χ0n) is 36.5. The van der Waals surface area contributed by atoms with Gasteiger partial charge in [0.15, 0.2) is 0 Å². The summed E-state index contributed by atoms with van der Waals surface area (Å²) in [5.41, 5.74) is 25.9. The first-order chi connectivity index (χ1) is 32.0. The number of anilines is 3. The van der Waals surface area contributed by atoms with E-state index in [9.17, 15) is 0 Å². The van der Waals surface area contributed by atoms with Crippen LogP contribution in [0.2, 0.25) is 0 Å². The van der Waals surface area contributed by atoms with Crippen LogP contribution in [-0.4, -0.2) is 0 Å². The van der Waals surface area contributed by atoms with E-state index in [-0.39, 0.29) is 5.41 Å². The molecule has 1 nitrogen and oxygen atoms in total. The van der Waals surface area contributed by atoms with Crippen molar-refractivity contribution in [2.45, 2.75) is 24.7 Å². The number of para-hydroxylation sites is 1. The Hall–Kier alpha value is -8.00. The lowest BCUT2D eigenvalue weighted by Gasteiger charge is -2.34. The van der Waals surface area contributed by atoms with Gasteiger partial charge in [-0.25, -0.2) is 0 Å². The molecule has 0 unspecified atom stereocenters. The summed E-state index contributed by atoms with van der Waals surface area (Å²) in [4.78, 5) is 2.57. The summed E-state index contributed by atoms with van der Waals surface area (Å²) in [6.45, 7) is 4.87. The largest absolute Gasteiger partial charge is 0.309 e. The molecule has 0 heterocycles. The highest BCUT2D eigenvalue weighted by Gasteiger charge is 2.54. The minimum atomic E-state index is -0.499. The van der Waals surface area contributed by atoms with E-state index in [1.54, 1.807) is 0 Å². The van der Waals surface area contributed by atoms with Gasteiger partial charge in [0.05, 0.1) is 11.1 Å². The maximum Gasteiger partial charge on any atom is 0.0726 e. The molecule has 3 aliphatic rings. The van der Waals surface area contributed by atoms with Crippen LogP contribution in [0.4, 0.5) is 17.1 Å². The van der Waals surface area contributed by atoms with Crippen LogP contribution < -0.4 is 4.90 Å². The highest BCUT2D eigenvalue weighted by molar-refractivity contribution is 6.09. The van der Waals surface area contributed by atoms with Gasteiger partial charge in [0, 0.05) is 27.9 Å². The van der Waals surface area contributed by atoms with Gasteiger partial charge in [-0.15, -0.1) is 0 Å². The van der Waals surface area contributed by atoms with Crippen molar-refractivity contribution in [3.8, 4) is 66.8 Å². The maximum atomic E-state index is 2.63. The van der Waals surface area contributed by atoms with Crippen LogP contribution in [0.15, 0.2) is 237 Å². The van der Waals surface area contributed by atoms with Gasteiger partial charge in [-0.1, -0.05) is 220 Å². The number of rotatable bonds is 6. The molecule has 0 aromatic heterocycles. The molecule has 1 spiro atoms. The average Bonchev–Trinajstić information content (AvgIpc) is 3.93. The Morgan fingerprint density at radius 3 is 1.25 bits per heavy atom. The normalized spacial score (nSPS) is 13.9. The second kappa shape index (κ2) is 14.3. The molecule has 0 N–H and O–H groups in total. The van der Waals surface area contributed by atoms with Crippen LogP contribution in [0, 0.1) is 0 Å². The van der Waals surface area contributed by atoms with Crippen molar-refractivity contribution in [1.29, 1.82) is 0 Å². The number of fused-ring (bicyclic) bond motifs is 13. The Labute approximate surface area is 381 Å². The van der Waals surface area contributed by atoms with E-state index in [2.05, 4.69) is 255 Å². The number of nitrogens with zero attached hydrogens (tertiary/aromatic N) is 1. The molecule has 0 atom stereocenters. The number of hydrogen-bond donors (Lipinski definition) is 0. The zero-order valence-corrected chi connectivity index (χ0v) is 36.5. The van der Waals surface area contributed by atoms with Gasteiger partial charge in [0.1, 0.15) is 0 Å². The molecule has 306 valence electrons. The fraction of sp³-hybridized carbons (Fsp3) is 0.0625. The third-order valence-corrected chi connectivity index (χ3v) is 14.7. The fourth-order valence-corrected chi connectivity index (χ4v) is 11.7. The van der Waals surface area contributed by atoms with Crippen molar-refractivity contribution in [1.82, 2.24) is 0 Å². The summed E-state index contributed by atoms with van der Waals surface area (Å²) in [5, 5.41) is 0. The predicted octanol–water partition coefficient (Wildman–Crippen LogP) is 16.8. The van der Waals surface area contributed by atoms with Crippen molar-refractivity contribution in [2.24, 2.45) is 0 Å². The Balaban J connectivity index is 1.11. The predicted molar refractivity (Wildman–Crippen MR) is 271 cm³/mol. The van der Waals surface area contributed by atoms with E-state index in [0.717, 1.165) is 11.4 Å². The van der Waals surface area contributed by atoms with E-state index < -0.39 is 5.41 Å². The van der Waals surface area contributed by atoms with Gasteiger partial charge in [-0.05, 0) is 119 Å². The lowest BCUT2D eigenvalue weighted by molar-refractivity contribution is 0.657. The van der Waals surface area contributed by atoms with Gasteiger partial charge < -0.3 is 4.90 Å². The summed E-state index contributed by atoms with van der Waals surface area (Å²) >= 11 is 0. The maximum absolute atomic E-state index is 2.63. The summed E-state index contributed by atoms with van der Waals surface area (Å²) in [7, 11) is 0. The highest BCUT2D eigenvalue weighted by atomic mass is 15.1. The third-order valence-electron chi connectivity index (χ3n) is 14.7. The van der Waals surface area contributed by atoms with E-state index >= 15 is 0 Å². The smallest absolute Gasteiger partial charge is 0.0726 e. The Bertz CT molecular complexity index is 3430. The summed E-state index contributed by atoms with van der Waals surface area (Å²) in [6.07, 6.45) is 0. The minimum Gasteiger partial charge on any atom is -0.309 e. The molecule has 3 aliphatic carbocycles. The molecule has 0 amide bonds. The first-order valence-electron chi connectivity index (χ1n) is 22.8. The van der Waals surface area contributed by atoms with Crippen molar-refractivity contribution < 1.29 is 0 Å². The molecule has 10 aromatic carbocycles. The lowest BCUT2D eigenvalue weighted by Crippen LogP contribution is -2.27. The molecule has 0 radical (unpaired) electrons. The lowest BCUT2D eigenvalue weighted by atomic mass is 9.69. The molecule has 0 aliphatic heterocycles. The van der Waals surface area contributed by atoms with Gasteiger partial charge in [-0.3, -0.25) is 0 Å². The van der Waals surface area contributed by atoms with Crippen molar-refractivity contribution in [3.05, 3.63) is 270 Å². The summed E-state index contributed by atoms with van der Waals surface area (Å²) in [5.74, 6) is 0. The van der Waals surface area contributed by atoms with Crippen LogP contribution in [-0.2, 0) is 10.8 Å². The zero-order chi connectivity index (χ0) is 43.3. The monoisotopic (exact) mass is 827 g/mol. The minimum absolute atomic E-state index is 0.282. The number of hydrogen-bond acceptors (Lipinski definition) is 1. The Morgan fingerprint density at radius 2 is 0.677 bits per heavy atom. The van der Waals surface area contributed by atoms with Crippen molar-refractivity contribution in [2.75, 3.05) is 4.90 Å². The molecular weight excluding hydrogens is 783 g/mol. The standard InChI is InChI=1S/C64H45N/c1-63(2)54-39-36-47(43-20-8-4-9-21-43)40-53(54)61-58(63)41-59-60(52-26-14-17-29-57(52)64(59)55-27-15-12-24-50(55)51-25-13-16-28-56(51)64)62(61)65(48-22-10-5-11-23-48)49-37-34-46(35-38-49)45-32-30-44(31-33-45)42-18-6-3-7-19-42/h3-41H,1-2H3. The molecule has 0 saturated heterocycles. The molecule has 10 aromatic rings. The SMILES string of the molecule is CC1(C)c2ccc(-c3ccccc3)cc2-c2c1cc1c(c2N(c2ccccc2)c2ccc(-c3ccc(-c4ccccc4)cc3)cc2)-c2ccccc2C12c1ccccc1-c1ccccc12. The molecular formula is C64H45N. The third kappa shape index (κ3) is 5.39. The van der Waals surface area contributed by atoms with Crippen LogP contribution in [0.5, 0.6) is 0 Å². The average molecular weight is 828 g/mol. The van der Waals surface area contributed by atoms with Crippen LogP contribution >= 0.6 is 0 Å². The molecule has 13 rings (SSSR count). The quantitative estimate of drug-likeness (QED) is 0.161. The highest BCUT2D eigenvalue weighted by Crippen LogP contribution is 2.68. The first-order valence-corrected chi connectivity index (χ1v) is 22.8. The van der Waals surface area contributed by atoms with E-state index in [0.29, 0.717) is 0 Å². The molecule has 65 heavy (non-hydrogen) atoms. The van der Waals surface area contributed by atoms with Gasteiger partial charge in [-0.2, -0.15) is 0 Å². The summed E-state index contributed by atoms with van der Waals surface area (Å²) in [6, 6.07) is 88.2. The first kappa shape index (κ1) is 37.5. The molecule has 0 saturated carbocycles. The fourth-order valence-electron chi connectivity index (χ4n) is 11.7. The Kier molecular flexibility index (Phi) is 8.24. The topological polar surface area (TPSA) is 3.24 Å². The summed E-state index contributed by atoms with van der Waals surface area (Å²) < 4.78 is 0. The van der Waals surface area contributed by atoms with Crippen molar-refractivity contribution >= 4 is 17.1 Å². The molecule has 0 fully saturated rings. The molecule has 1 heteroatoms. The Morgan fingerprint density at radius 1 is 0.277 bits per heavy atom. The van der Waals surface area contributed by atoms with Crippen LogP contribution in [0.1, 0.15) is 47.2 Å².